The number of benzene rings is 1. The van der Waals surface area contributed by atoms with Crippen LogP contribution < -0.4 is 0 Å². The van der Waals surface area contributed by atoms with Gasteiger partial charge in [0.05, 0.1) is 18.1 Å². The van der Waals surface area contributed by atoms with Gasteiger partial charge in [0.1, 0.15) is 0 Å². The van der Waals surface area contributed by atoms with Gasteiger partial charge in [-0.1, -0.05) is 6.07 Å². The lowest BCUT2D eigenvalue weighted by atomic mass is 10.2. The van der Waals surface area contributed by atoms with Crippen molar-refractivity contribution in [2.24, 2.45) is 0 Å². The zero-order chi connectivity index (χ0) is 9.26. The molecule has 3 nitrogen and oxygen atoms in total. The van der Waals surface area contributed by atoms with E-state index in [9.17, 15) is 0 Å². The second-order valence-electron chi connectivity index (χ2n) is 2.77. The molecule has 2 aromatic rings. The van der Waals surface area contributed by atoms with E-state index in [1.807, 2.05) is 25.1 Å². The fraction of sp³-hybridized carbons (Fsp3) is 0.111. The van der Waals surface area contributed by atoms with Crippen molar-refractivity contribution in [2.45, 2.75) is 6.92 Å². The molecule has 1 aromatic heterocycles. The maximum atomic E-state index is 4.05. The van der Waals surface area contributed by atoms with E-state index in [4.69, 9.17) is 0 Å². The van der Waals surface area contributed by atoms with Crippen LogP contribution >= 0.6 is 15.9 Å². The van der Waals surface area contributed by atoms with Crippen LogP contribution in [0.4, 0.5) is 0 Å². The van der Waals surface area contributed by atoms with Crippen LogP contribution in [0.1, 0.15) is 5.56 Å². The van der Waals surface area contributed by atoms with E-state index in [2.05, 4.69) is 26.1 Å². The van der Waals surface area contributed by atoms with Gasteiger partial charge >= 0.3 is 0 Å². The molecule has 1 heterocycles. The van der Waals surface area contributed by atoms with Crippen molar-refractivity contribution in [1.82, 2.24) is 15.0 Å². The van der Waals surface area contributed by atoms with Gasteiger partial charge in [-0.2, -0.15) is 15.0 Å². The lowest BCUT2D eigenvalue weighted by Gasteiger charge is -2.02. The number of rotatable bonds is 1. The van der Waals surface area contributed by atoms with Gasteiger partial charge in [-0.05, 0) is 40.5 Å². The molecule has 0 aliphatic carbocycles. The summed E-state index contributed by atoms with van der Waals surface area (Å²) in [6.45, 7) is 2.05. The standard InChI is InChI=1S/C9H8BrN3/c1-7-2-3-9(8(10)6-7)13-11-4-5-12-13/h2-6H,1H3. The quantitative estimate of drug-likeness (QED) is 0.763. The second kappa shape index (κ2) is 3.30. The number of hydrogen-bond acceptors (Lipinski definition) is 2. The lowest BCUT2D eigenvalue weighted by Crippen LogP contribution is -1.99. The number of aromatic nitrogens is 3. The third-order valence-corrected chi connectivity index (χ3v) is 2.37. The van der Waals surface area contributed by atoms with Gasteiger partial charge in [0.15, 0.2) is 0 Å². The third-order valence-electron chi connectivity index (χ3n) is 1.74. The summed E-state index contributed by atoms with van der Waals surface area (Å²) in [5.41, 5.74) is 2.17. The Morgan fingerprint density at radius 3 is 2.54 bits per heavy atom. The van der Waals surface area contributed by atoms with Crippen LogP contribution in [0.25, 0.3) is 5.69 Å². The van der Waals surface area contributed by atoms with Crippen molar-refractivity contribution < 1.29 is 0 Å². The van der Waals surface area contributed by atoms with E-state index in [1.54, 1.807) is 17.2 Å². The Hall–Kier alpha value is -1.16. The monoisotopic (exact) mass is 237 g/mol. The maximum Gasteiger partial charge on any atom is 0.0998 e. The molecule has 0 bridgehead atoms. The minimum absolute atomic E-state index is 0.954. The van der Waals surface area contributed by atoms with Crippen LogP contribution in [0.15, 0.2) is 35.1 Å². The molecule has 66 valence electrons. The van der Waals surface area contributed by atoms with Crippen LogP contribution in [0, 0.1) is 6.92 Å². The molecule has 1 aromatic carbocycles. The zero-order valence-corrected chi connectivity index (χ0v) is 8.69. The van der Waals surface area contributed by atoms with Crippen molar-refractivity contribution >= 4 is 15.9 Å². The van der Waals surface area contributed by atoms with Crippen molar-refractivity contribution in [3.8, 4) is 5.69 Å². The predicted molar refractivity (Wildman–Crippen MR) is 53.8 cm³/mol. The van der Waals surface area contributed by atoms with Crippen LogP contribution in [0.5, 0.6) is 0 Å². The number of halogens is 1. The molecular weight excluding hydrogens is 230 g/mol. The van der Waals surface area contributed by atoms with Gasteiger partial charge in [-0.25, -0.2) is 0 Å². The summed E-state index contributed by atoms with van der Waals surface area (Å²) in [6.07, 6.45) is 3.32. The van der Waals surface area contributed by atoms with E-state index in [0.29, 0.717) is 0 Å². The van der Waals surface area contributed by atoms with Crippen LogP contribution in [-0.2, 0) is 0 Å². The van der Waals surface area contributed by atoms with Crippen molar-refractivity contribution in [2.75, 3.05) is 0 Å². The minimum atomic E-state index is 0.954. The highest BCUT2D eigenvalue weighted by atomic mass is 79.9. The van der Waals surface area contributed by atoms with Gasteiger partial charge in [0, 0.05) is 4.47 Å². The summed E-state index contributed by atoms with van der Waals surface area (Å²) in [7, 11) is 0. The number of nitrogens with zero attached hydrogens (tertiary/aromatic N) is 3. The SMILES string of the molecule is Cc1ccc(-n2nccn2)c(Br)c1. The Balaban J connectivity index is 2.53. The minimum Gasteiger partial charge on any atom is -0.157 e. The molecule has 0 fully saturated rings. The molecular formula is C9H8BrN3. The molecule has 0 saturated heterocycles. The Bertz CT molecular complexity index is 409. The molecule has 0 radical (unpaired) electrons. The molecule has 4 heteroatoms. The number of aryl methyl sites for hydroxylation is 1. The van der Waals surface area contributed by atoms with E-state index in [0.717, 1.165) is 10.2 Å². The topological polar surface area (TPSA) is 30.7 Å². The second-order valence-corrected chi connectivity index (χ2v) is 3.63. The normalized spacial score (nSPS) is 10.3. The maximum absolute atomic E-state index is 4.05. The first-order valence-electron chi connectivity index (χ1n) is 3.90. The van der Waals surface area contributed by atoms with Crippen LogP contribution in [0.2, 0.25) is 0 Å². The first-order chi connectivity index (χ1) is 6.27. The highest BCUT2D eigenvalue weighted by Crippen LogP contribution is 2.20. The largest absolute Gasteiger partial charge is 0.157 e. The van der Waals surface area contributed by atoms with Gasteiger partial charge in [-0.15, -0.1) is 0 Å². The molecule has 0 aliphatic heterocycles. The molecule has 0 aliphatic rings. The first kappa shape index (κ1) is 8.44. The van der Waals surface area contributed by atoms with Gasteiger partial charge in [0.2, 0.25) is 0 Å². The molecule has 0 saturated carbocycles. The Morgan fingerprint density at radius 1 is 1.23 bits per heavy atom. The molecule has 0 atom stereocenters. The zero-order valence-electron chi connectivity index (χ0n) is 7.11. The fourth-order valence-electron chi connectivity index (χ4n) is 1.11. The smallest absolute Gasteiger partial charge is 0.0998 e. The Kier molecular flexibility index (Phi) is 2.14. The molecule has 13 heavy (non-hydrogen) atoms. The summed E-state index contributed by atoms with van der Waals surface area (Å²) in [5.74, 6) is 0. The third kappa shape index (κ3) is 1.62. The molecule has 2 rings (SSSR count). The van der Waals surface area contributed by atoms with Crippen LogP contribution in [-0.4, -0.2) is 15.0 Å². The predicted octanol–water partition coefficient (Wildman–Crippen LogP) is 2.34. The Labute approximate surface area is 84.5 Å². The number of hydrogen-bond donors (Lipinski definition) is 0. The first-order valence-corrected chi connectivity index (χ1v) is 4.69. The van der Waals surface area contributed by atoms with Crippen LogP contribution in [0.3, 0.4) is 0 Å². The molecule has 0 amide bonds. The average Bonchev–Trinajstić information content (AvgIpc) is 2.56. The Morgan fingerprint density at radius 2 is 1.92 bits per heavy atom. The lowest BCUT2D eigenvalue weighted by molar-refractivity contribution is 0.748. The van der Waals surface area contributed by atoms with Crippen molar-refractivity contribution in [1.29, 1.82) is 0 Å². The highest BCUT2D eigenvalue weighted by Gasteiger charge is 2.02. The summed E-state index contributed by atoms with van der Waals surface area (Å²) in [6, 6.07) is 6.06. The summed E-state index contributed by atoms with van der Waals surface area (Å²) in [4.78, 5) is 1.59. The van der Waals surface area contributed by atoms with Gasteiger partial charge in [-0.3, -0.25) is 0 Å². The van der Waals surface area contributed by atoms with Crippen molar-refractivity contribution in [3.05, 3.63) is 40.6 Å². The van der Waals surface area contributed by atoms with E-state index < -0.39 is 0 Å². The molecule has 0 N–H and O–H groups in total. The highest BCUT2D eigenvalue weighted by molar-refractivity contribution is 9.10. The summed E-state index contributed by atoms with van der Waals surface area (Å²) < 4.78 is 1.00. The summed E-state index contributed by atoms with van der Waals surface area (Å²) >= 11 is 3.47. The molecule has 0 spiro atoms. The van der Waals surface area contributed by atoms with E-state index in [1.165, 1.54) is 5.56 Å². The fourth-order valence-corrected chi connectivity index (χ4v) is 1.77. The molecule has 0 unspecified atom stereocenters. The van der Waals surface area contributed by atoms with E-state index >= 15 is 0 Å². The van der Waals surface area contributed by atoms with E-state index in [-0.39, 0.29) is 0 Å². The van der Waals surface area contributed by atoms with Gasteiger partial charge < -0.3 is 0 Å². The van der Waals surface area contributed by atoms with Gasteiger partial charge in [0.25, 0.3) is 0 Å². The van der Waals surface area contributed by atoms with Crippen molar-refractivity contribution in [3.63, 3.8) is 0 Å². The average molecular weight is 238 g/mol. The summed E-state index contributed by atoms with van der Waals surface area (Å²) in [5, 5.41) is 8.11.